The van der Waals surface area contributed by atoms with Crippen LogP contribution in [0.3, 0.4) is 0 Å². The highest BCUT2D eigenvalue weighted by molar-refractivity contribution is 7.84. The van der Waals surface area contributed by atoms with Gasteiger partial charge in [-0.2, -0.15) is 0 Å². The Morgan fingerprint density at radius 1 is 1.67 bits per heavy atom. The summed E-state index contributed by atoms with van der Waals surface area (Å²) >= 11 is 0. The van der Waals surface area contributed by atoms with Gasteiger partial charge in [-0.15, -0.1) is 0 Å². The summed E-state index contributed by atoms with van der Waals surface area (Å²) in [6.45, 7) is 1.86. The van der Waals surface area contributed by atoms with E-state index in [1.165, 1.54) is 6.26 Å². The van der Waals surface area contributed by atoms with Gasteiger partial charge in [-0.1, -0.05) is 0 Å². The standard InChI is InChI=1S/C10H15NO3S/c1-8(7-15(3)13)11(2)10(12)9-5-4-6-14-9/h4-6,8H,7H2,1-3H3. The van der Waals surface area contributed by atoms with Gasteiger partial charge in [0.2, 0.25) is 0 Å². The van der Waals surface area contributed by atoms with Gasteiger partial charge < -0.3 is 9.32 Å². The van der Waals surface area contributed by atoms with E-state index in [4.69, 9.17) is 4.42 Å². The van der Waals surface area contributed by atoms with Crippen LogP contribution in [0.2, 0.25) is 0 Å². The monoisotopic (exact) mass is 229 g/mol. The predicted molar refractivity (Wildman–Crippen MR) is 59.2 cm³/mol. The molecule has 0 N–H and O–H groups in total. The number of amides is 1. The maximum Gasteiger partial charge on any atom is 0.289 e. The average molecular weight is 229 g/mol. The lowest BCUT2D eigenvalue weighted by molar-refractivity contribution is 0.0725. The van der Waals surface area contributed by atoms with Crippen LogP contribution in [0, 0.1) is 0 Å². The molecule has 0 saturated heterocycles. The van der Waals surface area contributed by atoms with Gasteiger partial charge in [-0.25, -0.2) is 0 Å². The Balaban J connectivity index is 2.64. The molecule has 0 saturated carbocycles. The fraction of sp³-hybridized carbons (Fsp3) is 0.500. The van der Waals surface area contributed by atoms with E-state index in [9.17, 15) is 9.00 Å². The zero-order chi connectivity index (χ0) is 11.4. The van der Waals surface area contributed by atoms with Crippen molar-refractivity contribution in [1.82, 2.24) is 4.90 Å². The van der Waals surface area contributed by atoms with Crippen molar-refractivity contribution >= 4 is 16.7 Å². The summed E-state index contributed by atoms with van der Waals surface area (Å²) in [5, 5.41) is 0. The van der Waals surface area contributed by atoms with Crippen molar-refractivity contribution in [2.24, 2.45) is 0 Å². The van der Waals surface area contributed by atoms with Crippen molar-refractivity contribution in [2.45, 2.75) is 13.0 Å². The molecule has 15 heavy (non-hydrogen) atoms. The molecular formula is C10H15NO3S. The van der Waals surface area contributed by atoms with Crippen LogP contribution in [-0.4, -0.2) is 40.1 Å². The highest BCUT2D eigenvalue weighted by Crippen LogP contribution is 2.07. The van der Waals surface area contributed by atoms with Crippen LogP contribution >= 0.6 is 0 Å². The van der Waals surface area contributed by atoms with E-state index < -0.39 is 10.8 Å². The second-order valence-electron chi connectivity index (χ2n) is 3.48. The van der Waals surface area contributed by atoms with Gasteiger partial charge in [0.15, 0.2) is 5.76 Å². The molecule has 0 radical (unpaired) electrons. The van der Waals surface area contributed by atoms with Crippen LogP contribution in [0.5, 0.6) is 0 Å². The van der Waals surface area contributed by atoms with Crippen LogP contribution in [-0.2, 0) is 10.8 Å². The van der Waals surface area contributed by atoms with Crippen LogP contribution in [0.15, 0.2) is 22.8 Å². The highest BCUT2D eigenvalue weighted by Gasteiger charge is 2.19. The van der Waals surface area contributed by atoms with Crippen molar-refractivity contribution in [3.8, 4) is 0 Å². The molecule has 0 spiro atoms. The van der Waals surface area contributed by atoms with Gasteiger partial charge in [0.25, 0.3) is 5.91 Å². The van der Waals surface area contributed by atoms with Gasteiger partial charge in [-0.3, -0.25) is 9.00 Å². The van der Waals surface area contributed by atoms with Gasteiger partial charge >= 0.3 is 0 Å². The largest absolute Gasteiger partial charge is 0.459 e. The Labute approximate surface area is 91.7 Å². The number of furan rings is 1. The summed E-state index contributed by atoms with van der Waals surface area (Å²) in [6.07, 6.45) is 3.09. The van der Waals surface area contributed by atoms with Crippen LogP contribution in [0.4, 0.5) is 0 Å². The molecule has 84 valence electrons. The molecule has 4 nitrogen and oxygen atoms in total. The molecule has 2 unspecified atom stereocenters. The Bertz CT molecular complexity index is 348. The lowest BCUT2D eigenvalue weighted by Crippen LogP contribution is -2.38. The summed E-state index contributed by atoms with van der Waals surface area (Å²) in [7, 11) is 0.779. The quantitative estimate of drug-likeness (QED) is 0.777. The molecule has 0 bridgehead atoms. The van der Waals surface area contributed by atoms with Crippen LogP contribution in [0.1, 0.15) is 17.5 Å². The second kappa shape index (κ2) is 5.11. The molecule has 2 atom stereocenters. The first kappa shape index (κ1) is 12.0. The summed E-state index contributed by atoms with van der Waals surface area (Å²) < 4.78 is 16.0. The van der Waals surface area contributed by atoms with Crippen molar-refractivity contribution in [1.29, 1.82) is 0 Å². The first-order valence-corrected chi connectivity index (χ1v) is 6.35. The zero-order valence-corrected chi connectivity index (χ0v) is 9.91. The van der Waals surface area contributed by atoms with Crippen molar-refractivity contribution in [3.05, 3.63) is 24.2 Å². The molecule has 0 fully saturated rings. The van der Waals surface area contributed by atoms with Crippen LogP contribution < -0.4 is 0 Å². The number of carbonyl (C=O) groups is 1. The maximum absolute atomic E-state index is 11.8. The molecule has 1 aromatic rings. The first-order chi connectivity index (χ1) is 7.02. The van der Waals surface area contributed by atoms with E-state index in [0.29, 0.717) is 11.5 Å². The molecular weight excluding hydrogens is 214 g/mol. The summed E-state index contributed by atoms with van der Waals surface area (Å²) in [6, 6.07) is 3.23. The minimum absolute atomic E-state index is 0.0616. The third-order valence-electron chi connectivity index (χ3n) is 2.19. The van der Waals surface area contributed by atoms with E-state index in [0.717, 1.165) is 0 Å². The summed E-state index contributed by atoms with van der Waals surface area (Å²) in [5.41, 5.74) is 0. The molecule has 0 aromatic carbocycles. The smallest absolute Gasteiger partial charge is 0.289 e. The number of carbonyl (C=O) groups excluding carboxylic acids is 1. The van der Waals surface area contributed by atoms with Crippen molar-refractivity contribution in [3.63, 3.8) is 0 Å². The van der Waals surface area contributed by atoms with E-state index in [-0.39, 0.29) is 11.9 Å². The molecule has 0 aliphatic rings. The fourth-order valence-electron chi connectivity index (χ4n) is 1.23. The second-order valence-corrected chi connectivity index (χ2v) is 4.96. The van der Waals surface area contributed by atoms with E-state index in [2.05, 4.69) is 0 Å². The van der Waals surface area contributed by atoms with E-state index >= 15 is 0 Å². The fourth-order valence-corrected chi connectivity index (χ4v) is 2.13. The third-order valence-corrected chi connectivity index (χ3v) is 3.14. The predicted octanol–water partition coefficient (Wildman–Crippen LogP) is 1.12. The van der Waals surface area contributed by atoms with Crippen LogP contribution in [0.25, 0.3) is 0 Å². The minimum atomic E-state index is -0.904. The molecule has 5 heteroatoms. The molecule has 1 rings (SSSR count). The van der Waals surface area contributed by atoms with Gasteiger partial charge in [-0.05, 0) is 19.1 Å². The lowest BCUT2D eigenvalue weighted by Gasteiger charge is -2.22. The average Bonchev–Trinajstić information content (AvgIpc) is 2.67. The number of rotatable bonds is 4. The SMILES string of the molecule is CC(CS(C)=O)N(C)C(=O)c1ccco1. The number of nitrogens with zero attached hydrogens (tertiary/aromatic N) is 1. The van der Waals surface area contributed by atoms with Crippen molar-refractivity contribution in [2.75, 3.05) is 19.1 Å². The van der Waals surface area contributed by atoms with Gasteiger partial charge in [0, 0.05) is 35.9 Å². The van der Waals surface area contributed by atoms with E-state index in [1.54, 1.807) is 30.3 Å². The highest BCUT2D eigenvalue weighted by atomic mass is 32.2. The number of hydrogen-bond acceptors (Lipinski definition) is 3. The molecule has 0 aliphatic heterocycles. The first-order valence-electron chi connectivity index (χ1n) is 4.63. The summed E-state index contributed by atoms with van der Waals surface area (Å²) in [5.74, 6) is 0.604. The Hall–Kier alpha value is -1.10. The third kappa shape index (κ3) is 3.20. The minimum Gasteiger partial charge on any atom is -0.459 e. The number of hydrogen-bond donors (Lipinski definition) is 0. The Morgan fingerprint density at radius 3 is 2.80 bits per heavy atom. The molecule has 1 aromatic heterocycles. The van der Waals surface area contributed by atoms with Gasteiger partial charge in [0.1, 0.15) is 0 Å². The topological polar surface area (TPSA) is 50.5 Å². The zero-order valence-electron chi connectivity index (χ0n) is 9.10. The van der Waals surface area contributed by atoms with E-state index in [1.807, 2.05) is 6.92 Å². The van der Waals surface area contributed by atoms with Crippen molar-refractivity contribution < 1.29 is 13.4 Å². The molecule has 0 aliphatic carbocycles. The maximum atomic E-state index is 11.8. The summed E-state index contributed by atoms with van der Waals surface area (Å²) in [4.78, 5) is 13.3. The Kier molecular flexibility index (Phi) is 4.08. The normalized spacial score (nSPS) is 14.6. The van der Waals surface area contributed by atoms with Gasteiger partial charge in [0.05, 0.1) is 6.26 Å². The molecule has 1 heterocycles. The lowest BCUT2D eigenvalue weighted by atomic mass is 10.3. The Morgan fingerprint density at radius 2 is 2.33 bits per heavy atom. The molecule has 1 amide bonds.